The second-order valence-electron chi connectivity index (χ2n) is 8.63. The maximum absolute atomic E-state index is 15.1. The van der Waals surface area contributed by atoms with Crippen molar-refractivity contribution < 1.29 is 19.0 Å². The van der Waals surface area contributed by atoms with Gasteiger partial charge in [-0.15, -0.1) is 0 Å². The molecule has 1 atom stereocenters. The van der Waals surface area contributed by atoms with Crippen LogP contribution in [0.5, 0.6) is 5.75 Å². The minimum Gasteiger partial charge on any atom is -0.493 e. The lowest BCUT2D eigenvalue weighted by molar-refractivity contribution is 0.161. The second kappa shape index (κ2) is 7.82. The summed E-state index contributed by atoms with van der Waals surface area (Å²) in [5, 5.41) is 11.8. The van der Waals surface area contributed by atoms with Gasteiger partial charge in [0, 0.05) is 5.56 Å². The molecular weight excluding hydrogens is 357 g/mol. The van der Waals surface area contributed by atoms with Gasteiger partial charge >= 0.3 is 6.09 Å². The Kier molecular flexibility index (Phi) is 5.64. The molecule has 0 heterocycles. The van der Waals surface area contributed by atoms with E-state index in [-0.39, 0.29) is 11.2 Å². The minimum absolute atomic E-state index is 0.274. The molecule has 0 bridgehead atoms. The standard InChI is InChI=1S/C23H28FNO3/c1-14(2)13-28-17-7-5-6-15(10-17)18-11-16-8-9-23(3,4)21(25-22(26)27)19(16)12-20(18)24/h5-7,10-12,14,21,25H,8-9,13H2,1-4H3,(H,26,27)/t21-/m0/s1. The molecular formula is C23H28FNO3. The lowest BCUT2D eigenvalue weighted by atomic mass is 9.70. The molecule has 0 unspecified atom stereocenters. The number of amides is 1. The van der Waals surface area contributed by atoms with Crippen molar-refractivity contribution in [3.8, 4) is 16.9 Å². The molecule has 2 N–H and O–H groups in total. The van der Waals surface area contributed by atoms with Crippen molar-refractivity contribution >= 4 is 6.09 Å². The monoisotopic (exact) mass is 385 g/mol. The third-order valence-corrected chi connectivity index (χ3v) is 5.36. The molecule has 0 saturated carbocycles. The Balaban J connectivity index is 1.98. The summed E-state index contributed by atoms with van der Waals surface area (Å²) < 4.78 is 20.8. The van der Waals surface area contributed by atoms with Crippen molar-refractivity contribution in [2.24, 2.45) is 11.3 Å². The highest BCUT2D eigenvalue weighted by Crippen LogP contribution is 2.45. The van der Waals surface area contributed by atoms with Gasteiger partial charge in [0.15, 0.2) is 0 Å². The Morgan fingerprint density at radius 2 is 2.07 bits per heavy atom. The van der Waals surface area contributed by atoms with Crippen LogP contribution in [0.15, 0.2) is 36.4 Å². The van der Waals surface area contributed by atoms with Crippen molar-refractivity contribution in [1.82, 2.24) is 5.32 Å². The van der Waals surface area contributed by atoms with Crippen molar-refractivity contribution in [3.05, 3.63) is 53.3 Å². The largest absolute Gasteiger partial charge is 0.493 e. The van der Waals surface area contributed by atoms with Crippen molar-refractivity contribution in [3.63, 3.8) is 0 Å². The van der Waals surface area contributed by atoms with Gasteiger partial charge in [-0.1, -0.05) is 39.8 Å². The highest BCUT2D eigenvalue weighted by molar-refractivity contribution is 5.69. The maximum atomic E-state index is 15.1. The predicted octanol–water partition coefficient (Wildman–Crippen LogP) is 5.81. The summed E-state index contributed by atoms with van der Waals surface area (Å²) in [6.07, 6.45) is 0.523. The van der Waals surface area contributed by atoms with E-state index in [1.54, 1.807) is 0 Å². The van der Waals surface area contributed by atoms with Crippen LogP contribution in [0.3, 0.4) is 0 Å². The molecule has 0 saturated heterocycles. The smallest absolute Gasteiger partial charge is 0.405 e. The van der Waals surface area contributed by atoms with Gasteiger partial charge in [0.05, 0.1) is 12.6 Å². The molecule has 0 fully saturated rings. The highest BCUT2D eigenvalue weighted by Gasteiger charge is 2.37. The number of halogens is 1. The Labute approximate surface area is 165 Å². The van der Waals surface area contributed by atoms with Gasteiger partial charge < -0.3 is 15.2 Å². The molecule has 0 aromatic heterocycles. The molecule has 150 valence electrons. The number of carboxylic acid groups (broad SMARTS) is 1. The van der Waals surface area contributed by atoms with Crippen LogP contribution in [0.4, 0.5) is 9.18 Å². The number of hydrogen-bond donors (Lipinski definition) is 2. The Morgan fingerprint density at radius 3 is 2.75 bits per heavy atom. The number of benzene rings is 2. The summed E-state index contributed by atoms with van der Waals surface area (Å²) in [5.74, 6) is 0.774. The number of hydrogen-bond acceptors (Lipinski definition) is 2. The summed E-state index contributed by atoms with van der Waals surface area (Å²) in [4.78, 5) is 11.3. The van der Waals surface area contributed by atoms with E-state index in [4.69, 9.17) is 4.74 Å². The van der Waals surface area contributed by atoms with Gasteiger partial charge in [0.1, 0.15) is 11.6 Å². The summed E-state index contributed by atoms with van der Waals surface area (Å²) in [5.41, 5.74) is 2.72. The second-order valence-corrected chi connectivity index (χ2v) is 8.63. The van der Waals surface area contributed by atoms with Crippen molar-refractivity contribution in [2.45, 2.75) is 46.6 Å². The van der Waals surface area contributed by atoms with E-state index in [0.717, 1.165) is 35.3 Å². The summed E-state index contributed by atoms with van der Waals surface area (Å²) in [7, 11) is 0. The van der Waals surface area contributed by atoms with Crippen LogP contribution in [0.25, 0.3) is 11.1 Å². The predicted molar refractivity (Wildman–Crippen MR) is 108 cm³/mol. The van der Waals surface area contributed by atoms with Crippen LogP contribution < -0.4 is 10.1 Å². The lowest BCUT2D eigenvalue weighted by Crippen LogP contribution is -2.40. The van der Waals surface area contributed by atoms with Crippen LogP contribution in [0.1, 0.15) is 51.3 Å². The van der Waals surface area contributed by atoms with E-state index >= 15 is 4.39 Å². The number of ether oxygens (including phenoxy) is 1. The average Bonchev–Trinajstić information content (AvgIpc) is 2.62. The number of nitrogens with one attached hydrogen (secondary N) is 1. The first kappa shape index (κ1) is 20.2. The van der Waals surface area contributed by atoms with E-state index in [2.05, 4.69) is 19.2 Å². The zero-order valence-electron chi connectivity index (χ0n) is 16.9. The third-order valence-electron chi connectivity index (χ3n) is 5.36. The zero-order chi connectivity index (χ0) is 20.5. The normalized spacial score (nSPS) is 17.9. The van der Waals surface area contributed by atoms with E-state index in [1.807, 2.05) is 44.2 Å². The van der Waals surface area contributed by atoms with E-state index in [1.165, 1.54) is 6.07 Å². The molecule has 0 aliphatic heterocycles. The third kappa shape index (κ3) is 4.29. The molecule has 1 amide bonds. The zero-order valence-corrected chi connectivity index (χ0v) is 16.9. The molecule has 28 heavy (non-hydrogen) atoms. The van der Waals surface area contributed by atoms with Gasteiger partial charge in [-0.25, -0.2) is 9.18 Å². The molecule has 3 rings (SSSR count). The Hall–Kier alpha value is -2.56. The fourth-order valence-electron chi connectivity index (χ4n) is 3.77. The van der Waals surface area contributed by atoms with Gasteiger partial charge in [0.2, 0.25) is 0 Å². The van der Waals surface area contributed by atoms with E-state index in [9.17, 15) is 9.90 Å². The minimum atomic E-state index is -1.09. The number of fused-ring (bicyclic) bond motifs is 1. The van der Waals surface area contributed by atoms with Crippen LogP contribution in [-0.2, 0) is 6.42 Å². The molecule has 5 heteroatoms. The highest BCUT2D eigenvalue weighted by atomic mass is 19.1. The van der Waals surface area contributed by atoms with Gasteiger partial charge in [0.25, 0.3) is 0 Å². The molecule has 2 aromatic rings. The fourth-order valence-corrected chi connectivity index (χ4v) is 3.77. The van der Waals surface area contributed by atoms with E-state index < -0.39 is 12.1 Å². The van der Waals surface area contributed by atoms with Crippen LogP contribution in [-0.4, -0.2) is 17.8 Å². The summed E-state index contributed by atoms with van der Waals surface area (Å²) in [6.45, 7) is 8.79. The van der Waals surface area contributed by atoms with Gasteiger partial charge in [-0.2, -0.15) is 0 Å². The fraction of sp³-hybridized carbons (Fsp3) is 0.435. The SMILES string of the molecule is CC(C)COc1cccc(-c2cc3c(cc2F)[C@H](NC(=O)O)C(C)(C)CC3)c1. The average molecular weight is 385 g/mol. The number of rotatable bonds is 5. The molecule has 4 nitrogen and oxygen atoms in total. The number of aryl methyl sites for hydroxylation is 1. The Bertz CT molecular complexity index is 876. The molecule has 0 spiro atoms. The topological polar surface area (TPSA) is 58.6 Å². The maximum Gasteiger partial charge on any atom is 0.405 e. The first-order valence-corrected chi connectivity index (χ1v) is 9.72. The number of carbonyl (C=O) groups is 1. The molecule has 1 aliphatic rings. The van der Waals surface area contributed by atoms with Crippen LogP contribution in [0.2, 0.25) is 0 Å². The van der Waals surface area contributed by atoms with Crippen LogP contribution in [0, 0.1) is 17.2 Å². The lowest BCUT2D eigenvalue weighted by Gasteiger charge is -2.40. The van der Waals surface area contributed by atoms with Crippen LogP contribution >= 0.6 is 0 Å². The van der Waals surface area contributed by atoms with Gasteiger partial charge in [-0.05, 0) is 65.1 Å². The van der Waals surface area contributed by atoms with Crippen molar-refractivity contribution in [2.75, 3.05) is 6.61 Å². The van der Waals surface area contributed by atoms with Gasteiger partial charge in [-0.3, -0.25) is 0 Å². The first-order chi connectivity index (χ1) is 13.2. The summed E-state index contributed by atoms with van der Waals surface area (Å²) in [6, 6.07) is 10.4. The summed E-state index contributed by atoms with van der Waals surface area (Å²) >= 11 is 0. The molecule has 0 radical (unpaired) electrons. The van der Waals surface area contributed by atoms with E-state index in [0.29, 0.717) is 18.1 Å². The molecule has 1 aliphatic carbocycles. The quantitative estimate of drug-likeness (QED) is 0.683. The molecule has 2 aromatic carbocycles. The Morgan fingerprint density at radius 1 is 1.32 bits per heavy atom. The van der Waals surface area contributed by atoms with Crippen molar-refractivity contribution in [1.29, 1.82) is 0 Å². The first-order valence-electron chi connectivity index (χ1n) is 9.72.